The van der Waals surface area contributed by atoms with Gasteiger partial charge in [-0.3, -0.25) is 10.0 Å². The summed E-state index contributed by atoms with van der Waals surface area (Å²) in [6.07, 6.45) is 0. The van der Waals surface area contributed by atoms with Crippen molar-refractivity contribution in [1.82, 2.24) is 0 Å². The van der Waals surface area contributed by atoms with Gasteiger partial charge in [-0.2, -0.15) is 0 Å². The van der Waals surface area contributed by atoms with Crippen LogP contribution in [-0.2, 0) is 4.79 Å². The number of nitrogens with zero attached hydrogens (tertiary/aromatic N) is 2. The standard InChI is InChI=1S/C14H10N2O2/c17-14-13(11-8-4-5-9-12(11)15-14)16(18)10-6-2-1-3-7-10/h1-9,18H. The van der Waals surface area contributed by atoms with Crippen molar-refractivity contribution in [3.8, 4) is 0 Å². The molecular formula is C14H10N2O2. The summed E-state index contributed by atoms with van der Waals surface area (Å²) in [7, 11) is 0. The second kappa shape index (κ2) is 4.09. The van der Waals surface area contributed by atoms with E-state index in [0.29, 0.717) is 16.3 Å². The number of carbonyl (C=O) groups is 1. The number of carbonyl (C=O) groups excluding carboxylic acids is 1. The quantitative estimate of drug-likeness (QED) is 0.789. The van der Waals surface area contributed by atoms with Crippen LogP contribution in [0.5, 0.6) is 0 Å². The SMILES string of the molecule is O=C1N=c2ccccc2=C1N(O)c1ccccc1. The zero-order valence-corrected chi connectivity index (χ0v) is 9.45. The summed E-state index contributed by atoms with van der Waals surface area (Å²) >= 11 is 0. The number of fused-ring (bicyclic) bond motifs is 1. The van der Waals surface area contributed by atoms with Crippen molar-refractivity contribution in [2.24, 2.45) is 4.99 Å². The minimum atomic E-state index is -0.428. The maximum Gasteiger partial charge on any atom is 0.297 e. The van der Waals surface area contributed by atoms with E-state index < -0.39 is 5.91 Å². The molecule has 3 rings (SSSR count). The molecule has 0 aliphatic carbocycles. The van der Waals surface area contributed by atoms with Crippen LogP contribution in [0.3, 0.4) is 0 Å². The lowest BCUT2D eigenvalue weighted by molar-refractivity contribution is -0.113. The highest BCUT2D eigenvalue weighted by atomic mass is 16.5. The van der Waals surface area contributed by atoms with E-state index in [9.17, 15) is 10.0 Å². The Bertz CT molecular complexity index is 723. The van der Waals surface area contributed by atoms with Crippen molar-refractivity contribution >= 4 is 17.3 Å². The van der Waals surface area contributed by atoms with Gasteiger partial charge >= 0.3 is 0 Å². The van der Waals surface area contributed by atoms with E-state index in [2.05, 4.69) is 4.99 Å². The van der Waals surface area contributed by atoms with E-state index in [1.54, 1.807) is 36.4 Å². The lowest BCUT2D eigenvalue weighted by atomic mass is 10.2. The molecule has 0 fully saturated rings. The number of amides is 1. The van der Waals surface area contributed by atoms with Gasteiger partial charge in [-0.25, -0.2) is 10.1 Å². The topological polar surface area (TPSA) is 52.9 Å². The van der Waals surface area contributed by atoms with Gasteiger partial charge in [0.05, 0.1) is 11.0 Å². The Balaban J connectivity index is 2.20. The van der Waals surface area contributed by atoms with Gasteiger partial charge in [-0.1, -0.05) is 36.4 Å². The first-order chi connectivity index (χ1) is 8.77. The van der Waals surface area contributed by atoms with Gasteiger partial charge in [0, 0.05) is 5.22 Å². The van der Waals surface area contributed by atoms with Gasteiger partial charge in [0.25, 0.3) is 5.91 Å². The van der Waals surface area contributed by atoms with E-state index in [1.807, 2.05) is 18.2 Å². The van der Waals surface area contributed by atoms with Gasteiger partial charge < -0.3 is 0 Å². The van der Waals surface area contributed by atoms with Crippen LogP contribution in [0.25, 0.3) is 5.70 Å². The van der Waals surface area contributed by atoms with Crippen LogP contribution in [0, 0.1) is 0 Å². The monoisotopic (exact) mass is 238 g/mol. The molecule has 1 heterocycles. The van der Waals surface area contributed by atoms with E-state index in [0.717, 1.165) is 5.06 Å². The molecule has 0 atom stereocenters. The second-order valence-electron chi connectivity index (χ2n) is 3.93. The summed E-state index contributed by atoms with van der Waals surface area (Å²) < 4.78 is 0. The lowest BCUT2D eigenvalue weighted by Crippen LogP contribution is -2.30. The third-order valence-electron chi connectivity index (χ3n) is 2.80. The van der Waals surface area contributed by atoms with E-state index in [4.69, 9.17) is 0 Å². The van der Waals surface area contributed by atoms with Crippen LogP contribution >= 0.6 is 0 Å². The van der Waals surface area contributed by atoms with Crippen LogP contribution < -0.4 is 15.6 Å². The first kappa shape index (κ1) is 10.7. The summed E-state index contributed by atoms with van der Waals surface area (Å²) in [5.41, 5.74) is 0.726. The third-order valence-corrected chi connectivity index (χ3v) is 2.80. The number of anilines is 1. The summed E-state index contributed by atoms with van der Waals surface area (Å²) in [6, 6.07) is 16.0. The maximum absolute atomic E-state index is 11.8. The third kappa shape index (κ3) is 1.59. The molecule has 88 valence electrons. The minimum absolute atomic E-state index is 0.191. The van der Waals surface area contributed by atoms with Crippen LogP contribution in [0.1, 0.15) is 0 Å². The summed E-state index contributed by atoms with van der Waals surface area (Å²) in [4.78, 5) is 15.7. The normalized spacial score (nSPS) is 13.2. The molecule has 2 aromatic rings. The van der Waals surface area contributed by atoms with Gasteiger partial charge in [-0.15, -0.1) is 0 Å². The molecule has 0 spiro atoms. The first-order valence-electron chi connectivity index (χ1n) is 5.54. The molecule has 4 heteroatoms. The Morgan fingerprint density at radius 3 is 2.39 bits per heavy atom. The summed E-state index contributed by atoms with van der Waals surface area (Å²) in [5.74, 6) is -0.428. The first-order valence-corrected chi connectivity index (χ1v) is 5.54. The Labute approximate surface area is 103 Å². The molecule has 0 saturated carbocycles. The number of hydroxylamine groups is 1. The fourth-order valence-electron chi connectivity index (χ4n) is 1.95. The van der Waals surface area contributed by atoms with Gasteiger partial charge in [0.15, 0.2) is 0 Å². The molecule has 1 N–H and O–H groups in total. The molecule has 0 bridgehead atoms. The average Bonchev–Trinajstić information content (AvgIpc) is 2.75. The lowest BCUT2D eigenvalue weighted by Gasteiger charge is -2.16. The highest BCUT2D eigenvalue weighted by Gasteiger charge is 2.22. The number of hydrogen-bond acceptors (Lipinski definition) is 3. The molecule has 0 unspecified atom stereocenters. The zero-order valence-electron chi connectivity index (χ0n) is 9.45. The van der Waals surface area contributed by atoms with E-state index in [-0.39, 0.29) is 5.70 Å². The van der Waals surface area contributed by atoms with E-state index >= 15 is 0 Å². The number of rotatable bonds is 2. The second-order valence-corrected chi connectivity index (χ2v) is 3.93. The number of para-hydroxylation sites is 2. The van der Waals surface area contributed by atoms with Crippen molar-refractivity contribution < 1.29 is 10.0 Å². The Kier molecular flexibility index (Phi) is 2.42. The highest BCUT2D eigenvalue weighted by molar-refractivity contribution is 6.18. The Morgan fingerprint density at radius 2 is 1.61 bits per heavy atom. The van der Waals surface area contributed by atoms with Gasteiger partial charge in [0.2, 0.25) is 0 Å². The largest absolute Gasteiger partial charge is 0.297 e. The maximum atomic E-state index is 11.8. The molecule has 1 aliphatic rings. The van der Waals surface area contributed by atoms with Gasteiger partial charge in [0.1, 0.15) is 5.70 Å². The van der Waals surface area contributed by atoms with Crippen LogP contribution in [0.2, 0.25) is 0 Å². The average molecular weight is 238 g/mol. The fraction of sp³-hybridized carbons (Fsp3) is 0. The Morgan fingerprint density at radius 1 is 0.944 bits per heavy atom. The van der Waals surface area contributed by atoms with Crippen molar-refractivity contribution in [1.29, 1.82) is 0 Å². The smallest absolute Gasteiger partial charge is 0.283 e. The molecular weight excluding hydrogens is 228 g/mol. The number of hydrogen-bond donors (Lipinski definition) is 1. The molecule has 18 heavy (non-hydrogen) atoms. The van der Waals surface area contributed by atoms with Crippen molar-refractivity contribution in [2.45, 2.75) is 0 Å². The molecule has 2 aromatic carbocycles. The highest BCUT2D eigenvalue weighted by Crippen LogP contribution is 2.17. The molecule has 0 saturated heterocycles. The molecule has 0 aromatic heterocycles. The zero-order chi connectivity index (χ0) is 12.5. The van der Waals surface area contributed by atoms with Crippen LogP contribution in [-0.4, -0.2) is 11.1 Å². The fourth-order valence-corrected chi connectivity index (χ4v) is 1.95. The van der Waals surface area contributed by atoms with Crippen molar-refractivity contribution in [3.05, 3.63) is 65.2 Å². The predicted octanol–water partition coefficient (Wildman–Crippen LogP) is 0.850. The van der Waals surface area contributed by atoms with Crippen LogP contribution in [0.15, 0.2) is 59.6 Å². The predicted molar refractivity (Wildman–Crippen MR) is 66.3 cm³/mol. The van der Waals surface area contributed by atoms with Crippen LogP contribution in [0.4, 0.5) is 5.69 Å². The van der Waals surface area contributed by atoms with Gasteiger partial charge in [-0.05, 0) is 18.2 Å². The summed E-state index contributed by atoms with van der Waals surface area (Å²) in [6.45, 7) is 0. The van der Waals surface area contributed by atoms with E-state index in [1.165, 1.54) is 0 Å². The summed E-state index contributed by atoms with van der Waals surface area (Å²) in [5, 5.41) is 12.3. The molecule has 1 aliphatic heterocycles. The van der Waals surface area contributed by atoms with Crippen molar-refractivity contribution in [3.63, 3.8) is 0 Å². The molecule has 1 amide bonds. The minimum Gasteiger partial charge on any atom is -0.283 e. The molecule has 0 radical (unpaired) electrons. The Hall–Kier alpha value is -2.46. The van der Waals surface area contributed by atoms with Crippen molar-refractivity contribution in [2.75, 3.05) is 5.06 Å². The molecule has 4 nitrogen and oxygen atoms in total. The number of benzene rings is 2.